The van der Waals surface area contributed by atoms with E-state index < -0.39 is 12.0 Å². The monoisotopic (exact) mass is 376 g/mol. The summed E-state index contributed by atoms with van der Waals surface area (Å²) in [6.45, 7) is 4.05. The third-order valence-corrected chi connectivity index (χ3v) is 4.79. The van der Waals surface area contributed by atoms with Crippen molar-refractivity contribution < 1.29 is 24.2 Å². The van der Waals surface area contributed by atoms with Gasteiger partial charge in [0.25, 0.3) is 0 Å². The van der Waals surface area contributed by atoms with Crippen molar-refractivity contribution in [2.75, 3.05) is 6.79 Å². The summed E-state index contributed by atoms with van der Waals surface area (Å²) in [4.78, 5) is 27.9. The van der Waals surface area contributed by atoms with Crippen molar-refractivity contribution in [1.29, 1.82) is 0 Å². The maximum atomic E-state index is 12.2. The van der Waals surface area contributed by atoms with Crippen molar-refractivity contribution in [3.63, 3.8) is 0 Å². The first-order chi connectivity index (χ1) is 12.4. The van der Waals surface area contributed by atoms with Crippen molar-refractivity contribution >= 4 is 23.2 Å². The lowest BCUT2D eigenvalue weighted by Crippen LogP contribution is -2.42. The second-order valence-corrected chi connectivity index (χ2v) is 7.33. The van der Waals surface area contributed by atoms with E-state index in [1.807, 2.05) is 32.0 Å². The Morgan fingerprint density at radius 1 is 1.31 bits per heavy atom. The van der Waals surface area contributed by atoms with Crippen LogP contribution in [-0.2, 0) is 16.0 Å². The molecule has 1 unspecified atom stereocenters. The first-order valence-electron chi connectivity index (χ1n) is 8.29. The molecule has 0 saturated heterocycles. The topological polar surface area (TPSA) is 97.8 Å². The Kier molecular flexibility index (Phi) is 5.41. The number of aliphatic carboxylic acids is 1. The number of hydrogen-bond donors (Lipinski definition) is 2. The minimum absolute atomic E-state index is 0.0446. The van der Waals surface area contributed by atoms with Crippen molar-refractivity contribution in [3.8, 4) is 22.1 Å². The van der Waals surface area contributed by atoms with Crippen LogP contribution in [-0.4, -0.2) is 34.8 Å². The molecule has 0 saturated carbocycles. The summed E-state index contributed by atoms with van der Waals surface area (Å²) < 4.78 is 10.7. The fraction of sp³-hybridized carbons (Fsp3) is 0.389. The van der Waals surface area contributed by atoms with Gasteiger partial charge in [-0.15, -0.1) is 11.3 Å². The Morgan fingerprint density at radius 2 is 2.08 bits per heavy atom. The molecule has 3 rings (SSSR count). The number of benzene rings is 1. The van der Waals surface area contributed by atoms with Gasteiger partial charge in [-0.2, -0.15) is 0 Å². The summed E-state index contributed by atoms with van der Waals surface area (Å²) in [7, 11) is 0. The van der Waals surface area contributed by atoms with Crippen molar-refractivity contribution in [1.82, 2.24) is 10.3 Å². The van der Waals surface area contributed by atoms with E-state index in [0.29, 0.717) is 23.6 Å². The molecule has 2 heterocycles. The lowest BCUT2D eigenvalue weighted by molar-refractivity contribution is -0.142. The van der Waals surface area contributed by atoms with Gasteiger partial charge in [0.2, 0.25) is 12.7 Å². The zero-order valence-electron chi connectivity index (χ0n) is 14.5. The number of rotatable bonds is 7. The van der Waals surface area contributed by atoms with Gasteiger partial charge in [-0.1, -0.05) is 13.8 Å². The van der Waals surface area contributed by atoms with Crippen molar-refractivity contribution in [2.24, 2.45) is 5.92 Å². The number of carboxylic acid groups (broad SMARTS) is 1. The second-order valence-electron chi connectivity index (χ2n) is 6.48. The van der Waals surface area contributed by atoms with Gasteiger partial charge >= 0.3 is 5.97 Å². The predicted molar refractivity (Wildman–Crippen MR) is 96.4 cm³/mol. The third kappa shape index (κ3) is 4.32. The van der Waals surface area contributed by atoms with Gasteiger partial charge in [0, 0.05) is 10.9 Å². The smallest absolute Gasteiger partial charge is 0.326 e. The van der Waals surface area contributed by atoms with E-state index >= 15 is 0 Å². The fourth-order valence-corrected chi connectivity index (χ4v) is 3.47. The summed E-state index contributed by atoms with van der Waals surface area (Å²) in [5, 5.41) is 14.4. The highest BCUT2D eigenvalue weighted by atomic mass is 32.1. The molecule has 1 atom stereocenters. The summed E-state index contributed by atoms with van der Waals surface area (Å²) >= 11 is 1.42. The van der Waals surface area contributed by atoms with Crippen LogP contribution in [0.4, 0.5) is 0 Å². The van der Waals surface area contributed by atoms with Gasteiger partial charge < -0.3 is 19.9 Å². The van der Waals surface area contributed by atoms with Gasteiger partial charge in [-0.3, -0.25) is 4.79 Å². The number of thiazole rings is 1. The summed E-state index contributed by atoms with van der Waals surface area (Å²) in [6, 6.07) is 4.69. The number of carbonyl (C=O) groups is 2. The second kappa shape index (κ2) is 7.74. The van der Waals surface area contributed by atoms with Crippen LogP contribution >= 0.6 is 11.3 Å². The Balaban J connectivity index is 1.64. The van der Waals surface area contributed by atoms with Gasteiger partial charge in [-0.25, -0.2) is 9.78 Å². The van der Waals surface area contributed by atoms with E-state index in [0.717, 1.165) is 10.6 Å². The molecule has 0 aliphatic carbocycles. The molecule has 2 aromatic rings. The summed E-state index contributed by atoms with van der Waals surface area (Å²) in [6.07, 6.45) is 0.434. The molecule has 0 radical (unpaired) electrons. The van der Waals surface area contributed by atoms with Crippen molar-refractivity contribution in [2.45, 2.75) is 32.7 Å². The number of nitrogens with one attached hydrogen (secondary N) is 1. The zero-order valence-corrected chi connectivity index (χ0v) is 15.3. The molecule has 8 heteroatoms. The molecule has 0 bridgehead atoms. The molecule has 0 spiro atoms. The van der Waals surface area contributed by atoms with Crippen LogP contribution in [0.1, 0.15) is 26.0 Å². The molecule has 1 amide bonds. The normalized spacial score (nSPS) is 13.7. The Hall–Kier alpha value is -2.61. The average molecular weight is 376 g/mol. The van der Waals surface area contributed by atoms with Gasteiger partial charge in [0.1, 0.15) is 11.0 Å². The van der Waals surface area contributed by atoms with Crippen LogP contribution in [0.25, 0.3) is 10.6 Å². The first kappa shape index (κ1) is 18.2. The van der Waals surface area contributed by atoms with Crippen LogP contribution < -0.4 is 14.8 Å². The summed E-state index contributed by atoms with van der Waals surface area (Å²) in [5.74, 6) is 0.185. The lowest BCUT2D eigenvalue weighted by Gasteiger charge is -2.16. The van der Waals surface area contributed by atoms with Crippen LogP contribution in [0.2, 0.25) is 0 Å². The minimum atomic E-state index is -1.02. The highest BCUT2D eigenvalue weighted by Gasteiger charge is 2.22. The standard InChI is InChI=1S/C18H20N2O5S/c1-10(2)5-13(18(22)23)20-16(21)7-12-8-26-17(19-12)11-3-4-14-15(6-11)25-9-24-14/h3-4,6,8,10,13H,5,7,9H2,1-2H3,(H,20,21)(H,22,23). The number of nitrogens with zero attached hydrogens (tertiary/aromatic N) is 1. The van der Waals surface area contributed by atoms with E-state index in [1.54, 1.807) is 5.38 Å². The molecule has 1 aromatic heterocycles. The molecule has 7 nitrogen and oxygen atoms in total. The van der Waals surface area contributed by atoms with E-state index in [1.165, 1.54) is 11.3 Å². The van der Waals surface area contributed by atoms with Gasteiger partial charge in [-0.05, 0) is 30.5 Å². The van der Waals surface area contributed by atoms with Crippen LogP contribution in [0.5, 0.6) is 11.5 Å². The molecule has 26 heavy (non-hydrogen) atoms. The number of carbonyl (C=O) groups excluding carboxylic acids is 1. The molecule has 1 aliphatic rings. The van der Waals surface area contributed by atoms with E-state index in [4.69, 9.17) is 9.47 Å². The van der Waals surface area contributed by atoms with Gasteiger partial charge in [0.15, 0.2) is 11.5 Å². The van der Waals surface area contributed by atoms with Crippen LogP contribution in [0.15, 0.2) is 23.6 Å². The molecule has 138 valence electrons. The van der Waals surface area contributed by atoms with Crippen LogP contribution in [0, 0.1) is 5.92 Å². The predicted octanol–water partition coefficient (Wildman–Crippen LogP) is 2.70. The Bertz CT molecular complexity index is 818. The van der Waals surface area contributed by atoms with E-state index in [9.17, 15) is 14.7 Å². The molecular weight excluding hydrogens is 356 g/mol. The average Bonchev–Trinajstić information content (AvgIpc) is 3.21. The first-order valence-corrected chi connectivity index (χ1v) is 9.17. The SMILES string of the molecule is CC(C)CC(NC(=O)Cc1csc(-c2ccc3c(c2)OCO3)n1)C(=O)O. The number of hydrogen-bond acceptors (Lipinski definition) is 6. The van der Waals surface area contributed by atoms with Crippen LogP contribution in [0.3, 0.4) is 0 Å². The minimum Gasteiger partial charge on any atom is -0.480 e. The Morgan fingerprint density at radius 3 is 2.81 bits per heavy atom. The number of aromatic nitrogens is 1. The number of ether oxygens (including phenoxy) is 2. The number of fused-ring (bicyclic) bond motifs is 1. The molecular formula is C18H20N2O5S. The maximum Gasteiger partial charge on any atom is 0.326 e. The molecule has 1 aliphatic heterocycles. The lowest BCUT2D eigenvalue weighted by atomic mass is 10.0. The molecule has 0 fully saturated rings. The summed E-state index contributed by atoms with van der Waals surface area (Å²) in [5.41, 5.74) is 1.49. The highest BCUT2D eigenvalue weighted by Crippen LogP contribution is 2.36. The van der Waals surface area contributed by atoms with E-state index in [-0.39, 0.29) is 25.0 Å². The van der Waals surface area contributed by atoms with Gasteiger partial charge in [0.05, 0.1) is 12.1 Å². The Labute approximate surface area is 155 Å². The molecule has 2 N–H and O–H groups in total. The third-order valence-electron chi connectivity index (χ3n) is 3.85. The maximum absolute atomic E-state index is 12.2. The number of amides is 1. The quantitative estimate of drug-likeness (QED) is 0.771. The largest absolute Gasteiger partial charge is 0.480 e. The van der Waals surface area contributed by atoms with Crippen molar-refractivity contribution in [3.05, 3.63) is 29.3 Å². The van der Waals surface area contributed by atoms with E-state index in [2.05, 4.69) is 10.3 Å². The zero-order chi connectivity index (χ0) is 18.7. The fourth-order valence-electron chi connectivity index (χ4n) is 2.65. The highest BCUT2D eigenvalue weighted by molar-refractivity contribution is 7.13. The molecule has 1 aromatic carbocycles. The number of carboxylic acids is 1.